The molecule has 1 N–H and O–H groups in total. The number of imidazole rings is 1. The Labute approximate surface area is 118 Å². The van der Waals surface area contributed by atoms with Crippen LogP contribution in [0.3, 0.4) is 0 Å². The van der Waals surface area contributed by atoms with Gasteiger partial charge in [0.2, 0.25) is 5.91 Å². The van der Waals surface area contributed by atoms with E-state index in [9.17, 15) is 4.79 Å². The van der Waals surface area contributed by atoms with E-state index in [0.717, 1.165) is 32.3 Å². The van der Waals surface area contributed by atoms with Crippen LogP contribution in [-0.4, -0.2) is 34.2 Å². The number of amides is 1. The lowest BCUT2D eigenvalue weighted by molar-refractivity contribution is -0.127. The van der Waals surface area contributed by atoms with E-state index in [4.69, 9.17) is 11.2 Å². The first kappa shape index (κ1) is 13.2. The van der Waals surface area contributed by atoms with Crippen LogP contribution in [-0.2, 0) is 22.5 Å². The van der Waals surface area contributed by atoms with Gasteiger partial charge < -0.3 is 14.6 Å². The summed E-state index contributed by atoms with van der Waals surface area (Å²) in [6.07, 6.45) is 12.8. The number of carbonyl (C=O) groups excluding carboxylic acids is 1. The minimum atomic E-state index is -0.311. The molecular weight excluding hydrogens is 254 g/mol. The van der Waals surface area contributed by atoms with Crippen LogP contribution in [0, 0.1) is 18.3 Å². The molecule has 5 heteroatoms. The van der Waals surface area contributed by atoms with Gasteiger partial charge in [-0.3, -0.25) is 4.79 Å². The Kier molecular flexibility index (Phi) is 3.75. The lowest BCUT2D eigenvalue weighted by atomic mass is 9.96. The van der Waals surface area contributed by atoms with Crippen molar-refractivity contribution in [2.75, 3.05) is 6.61 Å². The number of carbonyl (C=O) groups is 1. The predicted molar refractivity (Wildman–Crippen MR) is 73.8 cm³/mol. The van der Waals surface area contributed by atoms with E-state index in [0.29, 0.717) is 6.54 Å². The molecule has 106 valence electrons. The molecule has 20 heavy (non-hydrogen) atoms. The average Bonchev–Trinajstić information content (AvgIpc) is 3.14. The summed E-state index contributed by atoms with van der Waals surface area (Å²) in [5.74, 6) is 2.65. The third kappa shape index (κ3) is 2.56. The summed E-state index contributed by atoms with van der Waals surface area (Å²) in [6, 6.07) is -0.311. The van der Waals surface area contributed by atoms with Crippen LogP contribution in [0.5, 0.6) is 0 Å². The van der Waals surface area contributed by atoms with Crippen molar-refractivity contribution in [2.45, 2.75) is 44.4 Å². The summed E-state index contributed by atoms with van der Waals surface area (Å²) in [7, 11) is 0. The van der Waals surface area contributed by atoms with Gasteiger partial charge >= 0.3 is 0 Å². The molecule has 5 nitrogen and oxygen atoms in total. The van der Waals surface area contributed by atoms with Gasteiger partial charge in [-0.1, -0.05) is 5.92 Å². The second-order valence-corrected chi connectivity index (χ2v) is 5.48. The SMILES string of the molecule is C#CC(NC(=O)C1CCc2cncn2C1)C1CCCO1. The molecule has 3 rings (SSSR count). The lowest BCUT2D eigenvalue weighted by Gasteiger charge is -2.26. The van der Waals surface area contributed by atoms with E-state index >= 15 is 0 Å². The van der Waals surface area contributed by atoms with Gasteiger partial charge in [0, 0.05) is 25.0 Å². The van der Waals surface area contributed by atoms with E-state index < -0.39 is 0 Å². The highest BCUT2D eigenvalue weighted by Gasteiger charge is 2.30. The van der Waals surface area contributed by atoms with Gasteiger partial charge in [0.25, 0.3) is 0 Å². The maximum atomic E-state index is 12.4. The average molecular weight is 273 g/mol. The van der Waals surface area contributed by atoms with Crippen molar-refractivity contribution >= 4 is 5.91 Å². The Morgan fingerprint density at radius 2 is 2.50 bits per heavy atom. The highest BCUT2D eigenvalue weighted by Crippen LogP contribution is 2.21. The van der Waals surface area contributed by atoms with Crippen LogP contribution >= 0.6 is 0 Å². The van der Waals surface area contributed by atoms with Crippen LogP contribution in [0.2, 0.25) is 0 Å². The Bertz CT molecular complexity index is 525. The minimum Gasteiger partial charge on any atom is -0.375 e. The molecule has 3 unspecified atom stereocenters. The minimum absolute atomic E-state index is 0.0304. The Hall–Kier alpha value is -1.80. The Balaban J connectivity index is 1.60. The first-order valence-corrected chi connectivity index (χ1v) is 7.15. The van der Waals surface area contributed by atoms with Crippen molar-refractivity contribution in [3.05, 3.63) is 18.2 Å². The number of fused-ring (bicyclic) bond motifs is 1. The van der Waals surface area contributed by atoms with Gasteiger partial charge in [-0.25, -0.2) is 4.98 Å². The third-order valence-electron chi connectivity index (χ3n) is 4.15. The first-order chi connectivity index (χ1) is 9.78. The summed E-state index contributed by atoms with van der Waals surface area (Å²) in [5.41, 5.74) is 1.20. The van der Waals surface area contributed by atoms with Crippen molar-refractivity contribution in [3.63, 3.8) is 0 Å². The maximum absolute atomic E-state index is 12.4. The maximum Gasteiger partial charge on any atom is 0.225 e. The smallest absolute Gasteiger partial charge is 0.225 e. The van der Waals surface area contributed by atoms with Crippen LogP contribution in [0.15, 0.2) is 12.5 Å². The standard InChI is InChI=1S/C15H19N3O2/c1-2-13(14-4-3-7-20-14)17-15(19)11-5-6-12-8-16-10-18(12)9-11/h1,8,10-11,13-14H,3-7,9H2,(H,17,19). The fourth-order valence-corrected chi connectivity index (χ4v) is 2.96. The van der Waals surface area contributed by atoms with Crippen molar-refractivity contribution < 1.29 is 9.53 Å². The van der Waals surface area contributed by atoms with Gasteiger partial charge in [0.1, 0.15) is 6.04 Å². The number of ether oxygens (including phenoxy) is 1. The molecule has 1 aromatic rings. The van der Waals surface area contributed by atoms with Crippen LogP contribution < -0.4 is 5.32 Å². The molecule has 0 saturated carbocycles. The van der Waals surface area contributed by atoms with Crippen molar-refractivity contribution in [1.82, 2.24) is 14.9 Å². The van der Waals surface area contributed by atoms with E-state index in [1.807, 2.05) is 10.8 Å². The van der Waals surface area contributed by atoms with E-state index in [1.165, 1.54) is 5.69 Å². The molecule has 2 aliphatic heterocycles. The van der Waals surface area contributed by atoms with Crippen LogP contribution in [0.1, 0.15) is 25.0 Å². The molecule has 0 bridgehead atoms. The van der Waals surface area contributed by atoms with Crippen LogP contribution in [0.25, 0.3) is 0 Å². The zero-order valence-electron chi connectivity index (χ0n) is 11.4. The molecule has 0 aromatic carbocycles. The number of terminal acetylenes is 1. The number of nitrogens with zero attached hydrogens (tertiary/aromatic N) is 2. The summed E-state index contributed by atoms with van der Waals surface area (Å²) < 4.78 is 7.61. The zero-order valence-corrected chi connectivity index (χ0v) is 11.4. The Morgan fingerprint density at radius 1 is 1.60 bits per heavy atom. The molecule has 1 amide bonds. The molecule has 1 saturated heterocycles. The van der Waals surface area contributed by atoms with Crippen molar-refractivity contribution in [1.29, 1.82) is 0 Å². The topological polar surface area (TPSA) is 56.2 Å². The van der Waals surface area contributed by atoms with Gasteiger partial charge in [0.05, 0.1) is 18.3 Å². The fraction of sp³-hybridized carbons (Fsp3) is 0.600. The number of rotatable bonds is 3. The molecule has 2 aliphatic rings. The fourth-order valence-electron chi connectivity index (χ4n) is 2.96. The summed E-state index contributed by atoms with van der Waals surface area (Å²) >= 11 is 0. The molecule has 0 spiro atoms. The molecule has 0 aliphatic carbocycles. The van der Waals surface area contributed by atoms with Gasteiger partial charge in [0.15, 0.2) is 0 Å². The number of aromatic nitrogens is 2. The summed E-state index contributed by atoms with van der Waals surface area (Å²) in [4.78, 5) is 16.5. The molecule has 0 radical (unpaired) electrons. The van der Waals surface area contributed by atoms with E-state index in [2.05, 4.69) is 16.2 Å². The second kappa shape index (κ2) is 5.68. The lowest BCUT2D eigenvalue weighted by Crippen LogP contribution is -2.46. The number of nitrogens with one attached hydrogen (secondary N) is 1. The number of hydrogen-bond donors (Lipinski definition) is 1. The van der Waals surface area contributed by atoms with Crippen LogP contribution in [0.4, 0.5) is 0 Å². The molecule has 3 heterocycles. The zero-order chi connectivity index (χ0) is 13.9. The van der Waals surface area contributed by atoms with Gasteiger partial charge in [-0.2, -0.15) is 0 Å². The summed E-state index contributed by atoms with van der Waals surface area (Å²) in [5, 5.41) is 2.97. The number of hydrogen-bond acceptors (Lipinski definition) is 3. The monoisotopic (exact) mass is 273 g/mol. The molecular formula is C15H19N3O2. The van der Waals surface area contributed by atoms with E-state index in [1.54, 1.807) is 6.33 Å². The van der Waals surface area contributed by atoms with Crippen molar-refractivity contribution in [2.24, 2.45) is 5.92 Å². The predicted octanol–water partition coefficient (Wildman–Crippen LogP) is 0.742. The van der Waals surface area contributed by atoms with Gasteiger partial charge in [-0.05, 0) is 25.7 Å². The first-order valence-electron chi connectivity index (χ1n) is 7.15. The highest BCUT2D eigenvalue weighted by molar-refractivity contribution is 5.79. The highest BCUT2D eigenvalue weighted by atomic mass is 16.5. The number of aryl methyl sites for hydroxylation is 1. The van der Waals surface area contributed by atoms with Gasteiger partial charge in [-0.15, -0.1) is 6.42 Å². The molecule has 1 fully saturated rings. The Morgan fingerprint density at radius 3 is 3.25 bits per heavy atom. The normalized spacial score (nSPS) is 26.6. The largest absolute Gasteiger partial charge is 0.375 e. The molecule has 3 atom stereocenters. The quantitative estimate of drug-likeness (QED) is 0.827. The second-order valence-electron chi connectivity index (χ2n) is 5.48. The van der Waals surface area contributed by atoms with E-state index in [-0.39, 0.29) is 24.0 Å². The summed E-state index contributed by atoms with van der Waals surface area (Å²) in [6.45, 7) is 1.42. The third-order valence-corrected chi connectivity index (χ3v) is 4.15. The molecule has 1 aromatic heterocycles. The van der Waals surface area contributed by atoms with Crippen molar-refractivity contribution in [3.8, 4) is 12.3 Å².